The van der Waals surface area contributed by atoms with Gasteiger partial charge in [-0.05, 0) is 55.2 Å². The molecule has 9 nitrogen and oxygen atoms in total. The first-order chi connectivity index (χ1) is 16.4. The molecule has 34 heavy (non-hydrogen) atoms. The van der Waals surface area contributed by atoms with Crippen LogP contribution >= 0.6 is 0 Å². The standard InChI is InChI=1S/C24H27N5O4S/c25-23(30)22-16-20(26-29(22)18-7-3-1-4-8-18)24(31)28-14-11-17-15-19(9-10-21(17)28)34(32,33)27-12-5-2-6-13-27/h1,3-4,7-10,15,22H,2,5-6,11-14,16H2,(H2,25,30). The van der Waals surface area contributed by atoms with Gasteiger partial charge >= 0.3 is 0 Å². The number of fused-ring (bicyclic) bond motifs is 1. The van der Waals surface area contributed by atoms with Crippen LogP contribution in [0.4, 0.5) is 11.4 Å². The van der Waals surface area contributed by atoms with Gasteiger partial charge < -0.3 is 10.6 Å². The summed E-state index contributed by atoms with van der Waals surface area (Å²) in [6.45, 7) is 1.51. The summed E-state index contributed by atoms with van der Waals surface area (Å²) in [6.07, 6.45) is 3.48. The normalized spacial score (nSPS) is 20.8. The van der Waals surface area contributed by atoms with Gasteiger partial charge in [0.1, 0.15) is 11.8 Å². The van der Waals surface area contributed by atoms with Crippen LogP contribution in [0.5, 0.6) is 0 Å². The molecule has 0 aliphatic carbocycles. The van der Waals surface area contributed by atoms with Crippen LogP contribution in [0.3, 0.4) is 0 Å². The Balaban J connectivity index is 1.39. The van der Waals surface area contributed by atoms with Crippen molar-refractivity contribution in [1.29, 1.82) is 0 Å². The maximum atomic E-state index is 13.4. The van der Waals surface area contributed by atoms with Gasteiger partial charge in [-0.15, -0.1) is 0 Å². The van der Waals surface area contributed by atoms with E-state index in [0.29, 0.717) is 37.4 Å². The van der Waals surface area contributed by atoms with Crippen LogP contribution in [0.1, 0.15) is 31.2 Å². The summed E-state index contributed by atoms with van der Waals surface area (Å²) >= 11 is 0. The van der Waals surface area contributed by atoms with Crippen LogP contribution in [0.2, 0.25) is 0 Å². The summed E-state index contributed by atoms with van der Waals surface area (Å²) in [4.78, 5) is 27.3. The summed E-state index contributed by atoms with van der Waals surface area (Å²) in [5, 5.41) is 5.95. The Hall–Kier alpha value is -3.24. The SMILES string of the molecule is NC(=O)C1CC(C(=O)N2CCc3cc(S(=O)(=O)N4CCCCC4)ccc32)=NN1c1ccccc1. The van der Waals surface area contributed by atoms with Crippen molar-refractivity contribution in [3.63, 3.8) is 0 Å². The predicted molar refractivity (Wildman–Crippen MR) is 129 cm³/mol. The molecule has 2 aromatic carbocycles. The number of nitrogens with two attached hydrogens (primary N) is 1. The lowest BCUT2D eigenvalue weighted by Gasteiger charge is -2.26. The fourth-order valence-corrected chi connectivity index (χ4v) is 6.41. The fourth-order valence-electron chi connectivity index (χ4n) is 4.84. The number of nitrogens with zero attached hydrogens (tertiary/aromatic N) is 4. The first kappa shape index (κ1) is 22.5. The molecule has 3 heterocycles. The number of benzene rings is 2. The molecule has 10 heteroatoms. The highest BCUT2D eigenvalue weighted by Crippen LogP contribution is 2.33. The van der Waals surface area contributed by atoms with E-state index in [4.69, 9.17) is 5.73 Å². The minimum Gasteiger partial charge on any atom is -0.368 e. The summed E-state index contributed by atoms with van der Waals surface area (Å²) < 4.78 is 27.7. The summed E-state index contributed by atoms with van der Waals surface area (Å²) in [5.41, 5.74) is 8.03. The molecular formula is C24H27N5O4S. The molecule has 2 aromatic rings. The number of carbonyl (C=O) groups is 2. The van der Waals surface area contributed by atoms with Crippen LogP contribution in [-0.4, -0.2) is 55.9 Å². The van der Waals surface area contributed by atoms with E-state index in [1.165, 1.54) is 5.01 Å². The largest absolute Gasteiger partial charge is 0.368 e. The number of hydrogen-bond donors (Lipinski definition) is 1. The number of carbonyl (C=O) groups excluding carboxylic acids is 2. The average Bonchev–Trinajstić information content (AvgIpc) is 3.49. The number of sulfonamides is 1. The molecule has 0 saturated carbocycles. The van der Waals surface area contributed by atoms with Crippen LogP contribution in [0.15, 0.2) is 58.5 Å². The molecule has 1 unspecified atom stereocenters. The van der Waals surface area contributed by atoms with E-state index < -0.39 is 22.0 Å². The first-order valence-electron chi connectivity index (χ1n) is 11.5. The number of para-hydroxylation sites is 1. The van der Waals surface area contributed by atoms with Gasteiger partial charge in [-0.3, -0.25) is 14.6 Å². The van der Waals surface area contributed by atoms with Gasteiger partial charge in [0.2, 0.25) is 15.9 Å². The van der Waals surface area contributed by atoms with Crippen molar-refractivity contribution < 1.29 is 18.0 Å². The van der Waals surface area contributed by atoms with Gasteiger partial charge in [-0.2, -0.15) is 9.41 Å². The second kappa shape index (κ2) is 8.84. The molecule has 1 fully saturated rings. The zero-order chi connectivity index (χ0) is 23.9. The maximum Gasteiger partial charge on any atom is 0.274 e. The van der Waals surface area contributed by atoms with Crippen LogP contribution in [-0.2, 0) is 26.0 Å². The second-order valence-electron chi connectivity index (χ2n) is 8.81. The highest BCUT2D eigenvalue weighted by atomic mass is 32.2. The number of hydrogen-bond acceptors (Lipinski definition) is 6. The van der Waals surface area contributed by atoms with E-state index in [1.807, 2.05) is 30.3 Å². The van der Waals surface area contributed by atoms with E-state index in [2.05, 4.69) is 5.10 Å². The van der Waals surface area contributed by atoms with Gasteiger partial charge in [0.05, 0.1) is 10.6 Å². The van der Waals surface area contributed by atoms with Crippen LogP contribution in [0.25, 0.3) is 0 Å². The van der Waals surface area contributed by atoms with Crippen molar-refractivity contribution in [2.24, 2.45) is 10.8 Å². The Morgan fingerprint density at radius 3 is 2.41 bits per heavy atom. The predicted octanol–water partition coefficient (Wildman–Crippen LogP) is 1.87. The van der Waals surface area contributed by atoms with E-state index in [0.717, 1.165) is 24.8 Å². The highest BCUT2D eigenvalue weighted by Gasteiger charge is 2.38. The van der Waals surface area contributed by atoms with Gasteiger partial charge in [0.15, 0.2) is 0 Å². The molecule has 1 saturated heterocycles. The Labute approximate surface area is 198 Å². The number of primary amides is 1. The third kappa shape index (κ3) is 3.97. The molecule has 0 spiro atoms. The molecular weight excluding hydrogens is 454 g/mol. The van der Waals surface area contributed by atoms with Gasteiger partial charge in [0, 0.05) is 31.7 Å². The van der Waals surface area contributed by atoms with Gasteiger partial charge in [-0.25, -0.2) is 8.42 Å². The number of piperidine rings is 1. The molecule has 5 rings (SSSR count). The van der Waals surface area contributed by atoms with Crippen molar-refractivity contribution in [2.75, 3.05) is 29.5 Å². The molecule has 2 N–H and O–H groups in total. The summed E-state index contributed by atoms with van der Waals surface area (Å²) in [6, 6.07) is 13.4. The molecule has 3 aliphatic rings. The molecule has 178 valence electrons. The van der Waals surface area contributed by atoms with Gasteiger partial charge in [-0.1, -0.05) is 24.6 Å². The lowest BCUT2D eigenvalue weighted by atomic mass is 10.1. The summed E-state index contributed by atoms with van der Waals surface area (Å²) in [5.74, 6) is -0.847. The maximum absolute atomic E-state index is 13.4. The highest BCUT2D eigenvalue weighted by molar-refractivity contribution is 7.89. The molecule has 0 bridgehead atoms. The Morgan fingerprint density at radius 2 is 1.71 bits per heavy atom. The molecule has 0 radical (unpaired) electrons. The number of anilines is 2. The lowest BCUT2D eigenvalue weighted by Crippen LogP contribution is -2.40. The Kier molecular flexibility index (Phi) is 5.86. The second-order valence-corrected chi connectivity index (χ2v) is 10.7. The Bertz CT molecular complexity index is 1260. The molecule has 0 aromatic heterocycles. The number of hydrazone groups is 1. The van der Waals surface area contributed by atoms with Crippen LogP contribution in [0, 0.1) is 0 Å². The Morgan fingerprint density at radius 1 is 0.971 bits per heavy atom. The van der Waals surface area contributed by atoms with Crippen molar-refractivity contribution >= 4 is 38.9 Å². The van der Waals surface area contributed by atoms with Crippen molar-refractivity contribution in [2.45, 2.75) is 43.0 Å². The third-order valence-corrected chi connectivity index (χ3v) is 8.55. The molecule has 1 atom stereocenters. The zero-order valence-electron chi connectivity index (χ0n) is 18.8. The third-order valence-electron chi connectivity index (χ3n) is 6.65. The van der Waals surface area contributed by atoms with E-state index in [9.17, 15) is 18.0 Å². The van der Waals surface area contributed by atoms with Crippen LogP contribution < -0.4 is 15.6 Å². The molecule has 2 amide bonds. The fraction of sp³-hybridized carbons (Fsp3) is 0.375. The number of rotatable bonds is 5. The first-order valence-corrected chi connectivity index (χ1v) is 13.0. The lowest BCUT2D eigenvalue weighted by molar-refractivity contribution is -0.119. The minimum absolute atomic E-state index is 0.121. The van der Waals surface area contributed by atoms with E-state index in [1.54, 1.807) is 27.4 Å². The molecule has 3 aliphatic heterocycles. The van der Waals surface area contributed by atoms with Crippen molar-refractivity contribution in [3.8, 4) is 0 Å². The zero-order valence-corrected chi connectivity index (χ0v) is 19.6. The topological polar surface area (TPSA) is 116 Å². The minimum atomic E-state index is -3.54. The average molecular weight is 482 g/mol. The van der Waals surface area contributed by atoms with E-state index in [-0.39, 0.29) is 22.9 Å². The van der Waals surface area contributed by atoms with Crippen molar-refractivity contribution in [3.05, 3.63) is 54.1 Å². The van der Waals surface area contributed by atoms with Gasteiger partial charge in [0.25, 0.3) is 5.91 Å². The smallest absolute Gasteiger partial charge is 0.274 e. The van der Waals surface area contributed by atoms with E-state index >= 15 is 0 Å². The summed E-state index contributed by atoms with van der Waals surface area (Å²) in [7, 11) is -3.54. The number of amides is 2. The van der Waals surface area contributed by atoms with Crippen molar-refractivity contribution in [1.82, 2.24) is 4.31 Å². The quantitative estimate of drug-likeness (QED) is 0.700. The monoisotopic (exact) mass is 481 g/mol.